The molecule has 0 radical (unpaired) electrons. The fraction of sp³-hybridized carbons (Fsp3) is 0.294. The van der Waals surface area contributed by atoms with Gasteiger partial charge in [0.05, 0.1) is 16.6 Å². The van der Waals surface area contributed by atoms with Gasteiger partial charge < -0.3 is 5.32 Å². The van der Waals surface area contributed by atoms with Crippen LogP contribution in [0.15, 0.2) is 33.9 Å². The van der Waals surface area contributed by atoms with Gasteiger partial charge in [-0.3, -0.25) is 23.8 Å². The third kappa shape index (κ3) is 3.10. The summed E-state index contributed by atoms with van der Waals surface area (Å²) in [6, 6.07) is 6.82. The minimum absolute atomic E-state index is 0.0968. The number of amides is 1. The maximum Gasteiger partial charge on any atom is 0.328 e. The van der Waals surface area contributed by atoms with Gasteiger partial charge in [0.1, 0.15) is 5.82 Å². The van der Waals surface area contributed by atoms with Crippen molar-refractivity contribution in [2.45, 2.75) is 26.8 Å². The molecule has 0 unspecified atom stereocenters. The second-order valence-electron chi connectivity index (χ2n) is 5.91. The lowest BCUT2D eigenvalue weighted by atomic mass is 10.2. The first-order valence-corrected chi connectivity index (χ1v) is 7.90. The molecule has 0 bridgehead atoms. The van der Waals surface area contributed by atoms with Gasteiger partial charge in [-0.25, -0.2) is 4.79 Å². The number of carbonyl (C=O) groups is 1. The highest BCUT2D eigenvalue weighted by Crippen LogP contribution is 2.17. The number of aromatic nitrogens is 4. The molecule has 3 aromatic rings. The van der Waals surface area contributed by atoms with Crippen LogP contribution in [-0.4, -0.2) is 25.2 Å². The molecule has 1 aromatic carbocycles. The topological polar surface area (TPSA) is 102 Å². The first-order valence-electron chi connectivity index (χ1n) is 7.90. The minimum Gasteiger partial charge on any atom is -0.311 e. The first-order chi connectivity index (χ1) is 11.9. The van der Waals surface area contributed by atoms with E-state index in [0.717, 1.165) is 11.3 Å². The van der Waals surface area contributed by atoms with E-state index >= 15 is 0 Å². The minimum atomic E-state index is -0.524. The Morgan fingerprint density at radius 3 is 2.64 bits per heavy atom. The maximum atomic E-state index is 12.3. The molecule has 0 fully saturated rings. The predicted octanol–water partition coefficient (Wildman–Crippen LogP) is 1.07. The third-order valence-electron chi connectivity index (χ3n) is 4.25. The quantitative estimate of drug-likeness (QED) is 0.741. The molecule has 8 nitrogen and oxygen atoms in total. The maximum absolute atomic E-state index is 12.3. The summed E-state index contributed by atoms with van der Waals surface area (Å²) < 4.78 is 3.02. The number of nitrogens with one attached hydrogen (secondary N) is 2. The van der Waals surface area contributed by atoms with Crippen LogP contribution in [0.3, 0.4) is 0 Å². The largest absolute Gasteiger partial charge is 0.328 e. The number of carbonyl (C=O) groups excluding carboxylic acids is 1. The zero-order valence-electron chi connectivity index (χ0n) is 14.3. The van der Waals surface area contributed by atoms with Crippen LogP contribution in [0.1, 0.15) is 17.7 Å². The SMILES string of the molecule is Cc1nn(C)c(NC(=O)CCn2c(=O)[nH]c(=O)c3ccccc32)c1C. The van der Waals surface area contributed by atoms with Crippen molar-refractivity contribution >= 4 is 22.6 Å². The molecule has 0 aliphatic carbocycles. The standard InChI is InChI=1S/C17H19N5O3/c1-10-11(2)20-21(3)15(10)18-14(23)8-9-22-13-7-5-4-6-12(13)16(24)19-17(22)25/h4-7H,8-9H2,1-3H3,(H,18,23)(H,19,24,25). The molecule has 130 valence electrons. The lowest BCUT2D eigenvalue weighted by Gasteiger charge is -2.10. The van der Waals surface area contributed by atoms with Crippen LogP contribution in [0, 0.1) is 13.8 Å². The number of hydrogen-bond acceptors (Lipinski definition) is 4. The Morgan fingerprint density at radius 1 is 1.24 bits per heavy atom. The second-order valence-corrected chi connectivity index (χ2v) is 5.91. The van der Waals surface area contributed by atoms with Crippen LogP contribution in [0.4, 0.5) is 5.82 Å². The molecule has 1 amide bonds. The molecule has 0 saturated carbocycles. The number of H-pyrrole nitrogens is 1. The van der Waals surface area contributed by atoms with Gasteiger partial charge in [0, 0.05) is 25.6 Å². The average molecular weight is 341 g/mol. The van der Waals surface area contributed by atoms with Crippen molar-refractivity contribution in [2.24, 2.45) is 7.05 Å². The highest BCUT2D eigenvalue weighted by atomic mass is 16.2. The van der Waals surface area contributed by atoms with Gasteiger partial charge in [-0.05, 0) is 26.0 Å². The summed E-state index contributed by atoms with van der Waals surface area (Å²) in [7, 11) is 1.76. The molecule has 2 heterocycles. The highest BCUT2D eigenvalue weighted by Gasteiger charge is 2.13. The number of hydrogen-bond donors (Lipinski definition) is 2. The highest BCUT2D eigenvalue weighted by molar-refractivity contribution is 5.90. The number of benzene rings is 1. The van der Waals surface area contributed by atoms with Crippen LogP contribution < -0.4 is 16.6 Å². The monoisotopic (exact) mass is 341 g/mol. The summed E-state index contributed by atoms with van der Waals surface area (Å²) in [6.07, 6.45) is 0.0968. The Bertz CT molecular complexity index is 1070. The van der Waals surface area contributed by atoms with Crippen molar-refractivity contribution in [1.82, 2.24) is 19.3 Å². The summed E-state index contributed by atoms with van der Waals surface area (Å²) in [4.78, 5) is 38.5. The summed E-state index contributed by atoms with van der Waals surface area (Å²) in [5, 5.41) is 7.49. The molecule has 2 N–H and O–H groups in total. The van der Waals surface area contributed by atoms with Crippen molar-refractivity contribution in [3.63, 3.8) is 0 Å². The number of aromatic amines is 1. The van der Waals surface area contributed by atoms with Gasteiger partial charge in [0.15, 0.2) is 0 Å². The van der Waals surface area contributed by atoms with Crippen molar-refractivity contribution in [2.75, 3.05) is 5.32 Å². The van der Waals surface area contributed by atoms with E-state index in [0.29, 0.717) is 16.7 Å². The van der Waals surface area contributed by atoms with Crippen LogP contribution >= 0.6 is 0 Å². The Balaban J connectivity index is 1.82. The summed E-state index contributed by atoms with van der Waals surface area (Å²) >= 11 is 0. The Labute approximate surface area is 143 Å². The van der Waals surface area contributed by atoms with E-state index in [4.69, 9.17) is 0 Å². The van der Waals surface area contributed by atoms with E-state index in [2.05, 4.69) is 15.4 Å². The Kier molecular flexibility index (Phi) is 4.26. The number of para-hydroxylation sites is 1. The smallest absolute Gasteiger partial charge is 0.311 e. The number of aryl methyl sites for hydroxylation is 3. The van der Waals surface area contributed by atoms with E-state index in [1.54, 1.807) is 36.0 Å². The summed E-state index contributed by atoms with van der Waals surface area (Å²) in [6.45, 7) is 3.92. The molecule has 0 saturated heterocycles. The second kappa shape index (κ2) is 6.39. The van der Waals surface area contributed by atoms with Gasteiger partial charge in [0.25, 0.3) is 5.56 Å². The van der Waals surface area contributed by atoms with Crippen LogP contribution in [-0.2, 0) is 18.4 Å². The van der Waals surface area contributed by atoms with Crippen molar-refractivity contribution in [1.29, 1.82) is 0 Å². The molecule has 8 heteroatoms. The zero-order chi connectivity index (χ0) is 18.1. The van der Waals surface area contributed by atoms with E-state index in [1.807, 2.05) is 13.8 Å². The third-order valence-corrected chi connectivity index (χ3v) is 4.25. The zero-order valence-corrected chi connectivity index (χ0v) is 14.3. The number of nitrogens with zero attached hydrogens (tertiary/aromatic N) is 3. The predicted molar refractivity (Wildman–Crippen MR) is 94.8 cm³/mol. The molecular formula is C17H19N5O3. The van der Waals surface area contributed by atoms with Gasteiger partial charge in [-0.1, -0.05) is 12.1 Å². The van der Waals surface area contributed by atoms with Crippen molar-refractivity contribution < 1.29 is 4.79 Å². The summed E-state index contributed by atoms with van der Waals surface area (Å²) in [5.74, 6) is 0.412. The molecule has 0 atom stereocenters. The number of fused-ring (bicyclic) bond motifs is 1. The van der Waals surface area contributed by atoms with Crippen LogP contribution in [0.25, 0.3) is 10.9 Å². The van der Waals surface area contributed by atoms with Gasteiger partial charge in [-0.15, -0.1) is 0 Å². The van der Waals surface area contributed by atoms with E-state index < -0.39 is 11.2 Å². The lowest BCUT2D eigenvalue weighted by molar-refractivity contribution is -0.116. The normalized spacial score (nSPS) is 11.0. The average Bonchev–Trinajstić information content (AvgIpc) is 2.81. The first kappa shape index (κ1) is 16.7. The molecule has 0 spiro atoms. The molecular weight excluding hydrogens is 322 g/mol. The van der Waals surface area contributed by atoms with E-state index in [9.17, 15) is 14.4 Å². The number of rotatable bonds is 4. The Hall–Kier alpha value is -3.16. The van der Waals surface area contributed by atoms with E-state index in [1.165, 1.54) is 4.57 Å². The van der Waals surface area contributed by atoms with Crippen molar-refractivity contribution in [3.05, 3.63) is 56.4 Å². The fourth-order valence-corrected chi connectivity index (χ4v) is 2.81. The lowest BCUT2D eigenvalue weighted by Crippen LogP contribution is -2.31. The molecule has 3 rings (SSSR count). The van der Waals surface area contributed by atoms with Gasteiger partial charge >= 0.3 is 5.69 Å². The van der Waals surface area contributed by atoms with Crippen molar-refractivity contribution in [3.8, 4) is 0 Å². The number of anilines is 1. The molecule has 2 aromatic heterocycles. The van der Waals surface area contributed by atoms with Gasteiger partial charge in [-0.2, -0.15) is 5.10 Å². The van der Waals surface area contributed by atoms with Crippen LogP contribution in [0.5, 0.6) is 0 Å². The molecule has 0 aliphatic rings. The Morgan fingerprint density at radius 2 is 1.96 bits per heavy atom. The fourth-order valence-electron chi connectivity index (χ4n) is 2.81. The van der Waals surface area contributed by atoms with Gasteiger partial charge in [0.2, 0.25) is 5.91 Å². The van der Waals surface area contributed by atoms with Crippen LogP contribution in [0.2, 0.25) is 0 Å². The molecule has 25 heavy (non-hydrogen) atoms. The summed E-state index contributed by atoms with van der Waals surface area (Å²) in [5.41, 5.74) is 1.31. The molecule has 0 aliphatic heterocycles. The van der Waals surface area contributed by atoms with E-state index in [-0.39, 0.29) is 18.9 Å².